The molecule has 3 atom stereocenters. The first-order valence-electron chi connectivity index (χ1n) is 6.23. The van der Waals surface area contributed by atoms with E-state index in [-0.39, 0.29) is 30.8 Å². The summed E-state index contributed by atoms with van der Waals surface area (Å²) in [6.07, 6.45) is 3.30. The van der Waals surface area contributed by atoms with E-state index in [1.807, 2.05) is 18.7 Å². The van der Waals surface area contributed by atoms with Gasteiger partial charge in [-0.1, -0.05) is 0 Å². The number of piperidine rings is 1. The van der Waals surface area contributed by atoms with Crippen molar-refractivity contribution in [1.29, 1.82) is 0 Å². The van der Waals surface area contributed by atoms with Crippen LogP contribution in [-0.2, 0) is 9.59 Å². The van der Waals surface area contributed by atoms with Crippen molar-refractivity contribution >= 4 is 11.9 Å². The topological polar surface area (TPSA) is 83.6 Å². The fraction of sp³-hybridized carbons (Fsp3) is 0.833. The van der Waals surface area contributed by atoms with Gasteiger partial charge in [0.25, 0.3) is 0 Å². The first-order valence-corrected chi connectivity index (χ1v) is 6.23. The Kier molecular flexibility index (Phi) is 4.93. The van der Waals surface area contributed by atoms with Crippen LogP contribution in [0.4, 0.5) is 0 Å². The largest absolute Gasteiger partial charge is 0.481 e. The van der Waals surface area contributed by atoms with E-state index in [1.165, 1.54) is 0 Å². The zero-order valence-electron chi connectivity index (χ0n) is 10.6. The Bertz CT molecular complexity index is 283. The highest BCUT2D eigenvalue weighted by Crippen LogP contribution is 2.23. The first-order chi connectivity index (χ1) is 7.93. The molecule has 1 saturated heterocycles. The minimum atomic E-state index is -0.909. The van der Waals surface area contributed by atoms with Gasteiger partial charge < -0.3 is 15.7 Å². The van der Waals surface area contributed by atoms with Crippen LogP contribution in [0, 0.1) is 0 Å². The number of hydrogen-bond donors (Lipinski definition) is 2. The number of rotatable bonds is 4. The summed E-state index contributed by atoms with van der Waals surface area (Å²) in [5.74, 6) is -1.01. The van der Waals surface area contributed by atoms with Gasteiger partial charge >= 0.3 is 5.97 Å². The number of nitrogens with two attached hydrogens (primary N) is 1. The Labute approximate surface area is 102 Å². The number of aliphatic carboxylic acids is 1. The van der Waals surface area contributed by atoms with Gasteiger partial charge in [0, 0.05) is 18.5 Å². The summed E-state index contributed by atoms with van der Waals surface area (Å²) in [6, 6.07) is -0.265. The highest BCUT2D eigenvalue weighted by Gasteiger charge is 2.31. The van der Waals surface area contributed by atoms with Gasteiger partial charge in [0.1, 0.15) is 0 Å². The standard InChI is InChI=1S/C12H22N2O3/c1-8-4-3-5-9(2)14(8)12(17)10(13)6-7-11(15)16/h8-10H,3-7,13H2,1-2H3,(H,15,16). The molecule has 1 aliphatic heterocycles. The number of carboxylic acid groups (broad SMARTS) is 1. The summed E-state index contributed by atoms with van der Waals surface area (Å²) < 4.78 is 0. The maximum atomic E-state index is 12.1. The molecule has 0 aromatic carbocycles. The number of carboxylic acids is 1. The highest BCUT2D eigenvalue weighted by atomic mass is 16.4. The average molecular weight is 242 g/mol. The molecular weight excluding hydrogens is 220 g/mol. The summed E-state index contributed by atoms with van der Waals surface area (Å²) in [5, 5.41) is 8.58. The van der Waals surface area contributed by atoms with E-state index >= 15 is 0 Å². The molecule has 0 aromatic rings. The predicted octanol–water partition coefficient (Wildman–Crippen LogP) is 0.968. The average Bonchev–Trinajstić information content (AvgIpc) is 2.25. The van der Waals surface area contributed by atoms with Gasteiger partial charge in [-0.3, -0.25) is 9.59 Å². The van der Waals surface area contributed by atoms with Crippen LogP contribution in [0.15, 0.2) is 0 Å². The van der Waals surface area contributed by atoms with Crippen molar-refractivity contribution < 1.29 is 14.7 Å². The third-order valence-corrected chi connectivity index (χ3v) is 3.43. The van der Waals surface area contributed by atoms with Crippen molar-refractivity contribution in [2.45, 2.75) is 64.1 Å². The lowest BCUT2D eigenvalue weighted by Gasteiger charge is -2.40. The number of nitrogens with zero attached hydrogens (tertiary/aromatic N) is 1. The smallest absolute Gasteiger partial charge is 0.303 e. The van der Waals surface area contributed by atoms with Gasteiger partial charge in [-0.25, -0.2) is 0 Å². The monoisotopic (exact) mass is 242 g/mol. The van der Waals surface area contributed by atoms with Crippen molar-refractivity contribution in [2.24, 2.45) is 5.73 Å². The molecule has 0 bridgehead atoms. The van der Waals surface area contributed by atoms with Crippen LogP contribution >= 0.6 is 0 Å². The quantitative estimate of drug-likeness (QED) is 0.769. The Balaban J connectivity index is 2.57. The lowest BCUT2D eigenvalue weighted by Crippen LogP contribution is -2.53. The SMILES string of the molecule is CC1CCCC(C)N1C(=O)C(N)CCC(=O)O. The van der Waals surface area contributed by atoms with E-state index in [0.29, 0.717) is 0 Å². The van der Waals surface area contributed by atoms with Crippen molar-refractivity contribution in [1.82, 2.24) is 4.90 Å². The molecule has 3 N–H and O–H groups in total. The molecule has 98 valence electrons. The van der Waals surface area contributed by atoms with Crippen LogP contribution < -0.4 is 5.73 Å². The number of likely N-dealkylation sites (tertiary alicyclic amines) is 1. The molecular formula is C12H22N2O3. The maximum Gasteiger partial charge on any atom is 0.303 e. The fourth-order valence-electron chi connectivity index (χ4n) is 2.45. The van der Waals surface area contributed by atoms with E-state index in [1.54, 1.807) is 0 Å². The zero-order valence-corrected chi connectivity index (χ0v) is 10.6. The van der Waals surface area contributed by atoms with Crippen LogP contribution in [0.5, 0.6) is 0 Å². The molecule has 5 heteroatoms. The van der Waals surface area contributed by atoms with Crippen molar-refractivity contribution in [2.75, 3.05) is 0 Å². The minimum absolute atomic E-state index is 0.0521. The van der Waals surface area contributed by atoms with Gasteiger partial charge in [-0.2, -0.15) is 0 Å². The normalized spacial score (nSPS) is 26.6. The summed E-state index contributed by atoms with van der Waals surface area (Å²) >= 11 is 0. The molecule has 0 spiro atoms. The maximum absolute atomic E-state index is 12.1. The molecule has 1 aliphatic rings. The van der Waals surface area contributed by atoms with E-state index in [0.717, 1.165) is 19.3 Å². The van der Waals surface area contributed by atoms with Crippen LogP contribution in [0.1, 0.15) is 46.0 Å². The van der Waals surface area contributed by atoms with Gasteiger partial charge in [0.15, 0.2) is 0 Å². The molecule has 5 nitrogen and oxygen atoms in total. The van der Waals surface area contributed by atoms with Crippen molar-refractivity contribution in [3.63, 3.8) is 0 Å². The van der Waals surface area contributed by atoms with E-state index in [9.17, 15) is 9.59 Å². The zero-order chi connectivity index (χ0) is 13.0. The van der Waals surface area contributed by atoms with Gasteiger partial charge in [-0.15, -0.1) is 0 Å². The molecule has 1 fully saturated rings. The highest BCUT2D eigenvalue weighted by molar-refractivity contribution is 5.83. The molecule has 0 saturated carbocycles. The Morgan fingerprint density at radius 2 is 1.88 bits per heavy atom. The van der Waals surface area contributed by atoms with Crippen LogP contribution in [0.3, 0.4) is 0 Å². The fourth-order valence-corrected chi connectivity index (χ4v) is 2.45. The van der Waals surface area contributed by atoms with Crippen LogP contribution in [-0.4, -0.2) is 40.0 Å². The van der Waals surface area contributed by atoms with E-state index < -0.39 is 12.0 Å². The van der Waals surface area contributed by atoms with Crippen molar-refractivity contribution in [3.8, 4) is 0 Å². The molecule has 0 radical (unpaired) electrons. The number of carbonyl (C=O) groups excluding carboxylic acids is 1. The van der Waals surface area contributed by atoms with Gasteiger partial charge in [0.05, 0.1) is 6.04 Å². The Hall–Kier alpha value is -1.10. The van der Waals surface area contributed by atoms with Gasteiger partial charge in [-0.05, 0) is 39.5 Å². The summed E-state index contributed by atoms with van der Waals surface area (Å²) in [5.41, 5.74) is 5.77. The molecule has 0 aliphatic carbocycles. The summed E-state index contributed by atoms with van der Waals surface area (Å²) in [4.78, 5) is 24.4. The summed E-state index contributed by atoms with van der Waals surface area (Å²) in [7, 11) is 0. The predicted molar refractivity (Wildman–Crippen MR) is 64.5 cm³/mol. The number of hydrogen-bond acceptors (Lipinski definition) is 3. The lowest BCUT2D eigenvalue weighted by molar-refractivity contribution is -0.140. The Morgan fingerprint density at radius 3 is 2.35 bits per heavy atom. The second kappa shape index (κ2) is 6.00. The van der Waals surface area contributed by atoms with E-state index in [2.05, 4.69) is 0 Å². The van der Waals surface area contributed by atoms with Gasteiger partial charge in [0.2, 0.25) is 5.91 Å². The van der Waals surface area contributed by atoms with Crippen molar-refractivity contribution in [3.05, 3.63) is 0 Å². The first kappa shape index (κ1) is 14.0. The third kappa shape index (κ3) is 3.70. The second-order valence-electron chi connectivity index (χ2n) is 4.91. The summed E-state index contributed by atoms with van der Waals surface area (Å²) in [6.45, 7) is 4.05. The van der Waals surface area contributed by atoms with E-state index in [4.69, 9.17) is 10.8 Å². The second-order valence-corrected chi connectivity index (χ2v) is 4.91. The number of carbonyl (C=O) groups is 2. The Morgan fingerprint density at radius 1 is 1.35 bits per heavy atom. The molecule has 1 amide bonds. The lowest BCUT2D eigenvalue weighted by atomic mass is 9.96. The van der Waals surface area contributed by atoms with Crippen LogP contribution in [0.2, 0.25) is 0 Å². The number of amides is 1. The molecule has 1 rings (SSSR count). The third-order valence-electron chi connectivity index (χ3n) is 3.43. The minimum Gasteiger partial charge on any atom is -0.481 e. The molecule has 0 aromatic heterocycles. The van der Waals surface area contributed by atoms with Crippen LogP contribution in [0.25, 0.3) is 0 Å². The molecule has 17 heavy (non-hydrogen) atoms. The molecule has 3 unspecified atom stereocenters. The molecule has 1 heterocycles.